The van der Waals surface area contributed by atoms with Crippen molar-refractivity contribution in [2.45, 2.75) is 12.1 Å². The Morgan fingerprint density at radius 1 is 1.14 bits per heavy atom. The Labute approximate surface area is 168 Å². The molecule has 0 aliphatic rings. The summed E-state index contributed by atoms with van der Waals surface area (Å²) in [6.45, 7) is 2.04. The van der Waals surface area contributed by atoms with E-state index in [1.54, 1.807) is 44.6 Å². The molecule has 1 N–H and O–H groups in total. The van der Waals surface area contributed by atoms with E-state index in [1.165, 1.54) is 16.7 Å². The van der Waals surface area contributed by atoms with Gasteiger partial charge in [0, 0.05) is 43.4 Å². The minimum absolute atomic E-state index is 0.0728. The van der Waals surface area contributed by atoms with Crippen LogP contribution in [0.3, 0.4) is 0 Å². The lowest BCUT2D eigenvalue weighted by molar-refractivity contribution is -0.113. The summed E-state index contributed by atoms with van der Waals surface area (Å²) >= 11 is 1.37. The molecular formula is C21H22N4O2S. The third-order valence-electron chi connectivity index (χ3n) is 4.04. The number of aryl methyl sites for hydroxylation is 1. The molecule has 0 radical (unpaired) electrons. The summed E-state index contributed by atoms with van der Waals surface area (Å²) in [7, 11) is 3.41. The van der Waals surface area contributed by atoms with Gasteiger partial charge in [0.1, 0.15) is 0 Å². The summed E-state index contributed by atoms with van der Waals surface area (Å²) < 4.78 is 1.96. The van der Waals surface area contributed by atoms with Gasteiger partial charge in [0.2, 0.25) is 5.91 Å². The van der Waals surface area contributed by atoms with Crippen LogP contribution in [-0.2, 0) is 4.79 Å². The summed E-state index contributed by atoms with van der Waals surface area (Å²) in [5.41, 5.74) is 3.41. The van der Waals surface area contributed by atoms with Crippen molar-refractivity contribution in [3.8, 4) is 5.69 Å². The smallest absolute Gasteiger partial charge is 0.253 e. The van der Waals surface area contributed by atoms with Crippen molar-refractivity contribution >= 4 is 29.3 Å². The molecule has 144 valence electrons. The third-order valence-corrected chi connectivity index (χ3v) is 5.01. The summed E-state index contributed by atoms with van der Waals surface area (Å²) in [5, 5.41) is 3.60. The lowest BCUT2D eigenvalue weighted by atomic mass is 10.2. The van der Waals surface area contributed by atoms with Crippen molar-refractivity contribution in [1.82, 2.24) is 14.5 Å². The number of amides is 2. The SMILES string of the molecule is Cc1cccc(-n2ccnc2SCC(=O)Nc2ccc(C(=O)N(C)C)cc2)c1. The molecule has 0 bridgehead atoms. The molecule has 0 fully saturated rings. The molecule has 0 aliphatic heterocycles. The van der Waals surface area contributed by atoms with Crippen LogP contribution in [0, 0.1) is 6.92 Å². The highest BCUT2D eigenvalue weighted by Gasteiger charge is 2.11. The lowest BCUT2D eigenvalue weighted by Gasteiger charge is -2.11. The molecule has 0 unspecified atom stereocenters. The number of carbonyl (C=O) groups is 2. The van der Waals surface area contributed by atoms with Gasteiger partial charge in [0.25, 0.3) is 5.91 Å². The fourth-order valence-corrected chi connectivity index (χ4v) is 3.43. The number of nitrogens with one attached hydrogen (secondary N) is 1. The van der Waals surface area contributed by atoms with E-state index in [4.69, 9.17) is 0 Å². The molecule has 1 aromatic heterocycles. The highest BCUT2D eigenvalue weighted by Crippen LogP contribution is 2.21. The second-order valence-electron chi connectivity index (χ2n) is 6.53. The maximum atomic E-state index is 12.3. The molecule has 0 spiro atoms. The standard InChI is InChI=1S/C21H22N4O2S/c1-15-5-4-6-18(13-15)25-12-11-22-21(25)28-14-19(26)23-17-9-7-16(8-10-17)20(27)24(2)3/h4-13H,14H2,1-3H3,(H,23,26). The Morgan fingerprint density at radius 2 is 1.89 bits per heavy atom. The number of rotatable bonds is 6. The second kappa shape index (κ2) is 8.75. The van der Waals surface area contributed by atoms with Crippen molar-refractivity contribution in [3.63, 3.8) is 0 Å². The van der Waals surface area contributed by atoms with Crippen LogP contribution in [0.4, 0.5) is 5.69 Å². The molecule has 2 amide bonds. The fourth-order valence-electron chi connectivity index (χ4n) is 2.65. The number of anilines is 1. The van der Waals surface area contributed by atoms with Gasteiger partial charge in [-0.1, -0.05) is 23.9 Å². The van der Waals surface area contributed by atoms with Gasteiger partial charge in [0.15, 0.2) is 5.16 Å². The molecular weight excluding hydrogens is 372 g/mol. The molecule has 28 heavy (non-hydrogen) atoms. The molecule has 0 atom stereocenters. The van der Waals surface area contributed by atoms with E-state index in [9.17, 15) is 9.59 Å². The summed E-state index contributed by atoms with van der Waals surface area (Å²) in [5.74, 6) is 0.0354. The normalized spacial score (nSPS) is 10.5. The van der Waals surface area contributed by atoms with Gasteiger partial charge in [-0.05, 0) is 48.9 Å². The Balaban J connectivity index is 1.60. The van der Waals surface area contributed by atoms with Crippen LogP contribution >= 0.6 is 11.8 Å². The zero-order valence-electron chi connectivity index (χ0n) is 16.0. The van der Waals surface area contributed by atoms with Crippen LogP contribution in [0.5, 0.6) is 0 Å². The van der Waals surface area contributed by atoms with E-state index in [1.807, 2.05) is 35.9 Å². The third kappa shape index (κ3) is 4.80. The minimum Gasteiger partial charge on any atom is -0.345 e. The van der Waals surface area contributed by atoms with Gasteiger partial charge in [-0.15, -0.1) is 0 Å². The van der Waals surface area contributed by atoms with Crippen molar-refractivity contribution in [2.75, 3.05) is 25.2 Å². The highest BCUT2D eigenvalue weighted by molar-refractivity contribution is 7.99. The zero-order valence-corrected chi connectivity index (χ0v) is 16.9. The first kappa shape index (κ1) is 19.7. The van der Waals surface area contributed by atoms with Gasteiger partial charge in [-0.25, -0.2) is 4.98 Å². The molecule has 0 saturated carbocycles. The van der Waals surface area contributed by atoms with E-state index in [2.05, 4.69) is 16.4 Å². The van der Waals surface area contributed by atoms with E-state index in [0.717, 1.165) is 16.4 Å². The van der Waals surface area contributed by atoms with E-state index >= 15 is 0 Å². The monoisotopic (exact) mass is 394 g/mol. The number of thioether (sulfide) groups is 1. The average molecular weight is 395 g/mol. The van der Waals surface area contributed by atoms with Crippen molar-refractivity contribution < 1.29 is 9.59 Å². The Kier molecular flexibility index (Phi) is 6.16. The summed E-state index contributed by atoms with van der Waals surface area (Å²) in [6, 6.07) is 15.0. The molecule has 0 aliphatic carbocycles. The van der Waals surface area contributed by atoms with Crippen molar-refractivity contribution in [1.29, 1.82) is 0 Å². The number of nitrogens with zero attached hydrogens (tertiary/aromatic N) is 3. The van der Waals surface area contributed by atoms with Crippen LogP contribution in [-0.4, -0.2) is 46.1 Å². The van der Waals surface area contributed by atoms with Gasteiger partial charge in [-0.3, -0.25) is 14.2 Å². The number of carbonyl (C=O) groups excluding carboxylic acids is 2. The maximum absolute atomic E-state index is 12.3. The van der Waals surface area contributed by atoms with Gasteiger partial charge in [0.05, 0.1) is 5.75 Å². The first-order valence-electron chi connectivity index (χ1n) is 8.79. The number of benzene rings is 2. The van der Waals surface area contributed by atoms with E-state index < -0.39 is 0 Å². The Hall–Kier alpha value is -3.06. The number of hydrogen-bond donors (Lipinski definition) is 1. The molecule has 2 aromatic carbocycles. The maximum Gasteiger partial charge on any atom is 0.253 e. The van der Waals surface area contributed by atoms with Crippen LogP contribution in [0.2, 0.25) is 0 Å². The first-order chi connectivity index (χ1) is 13.4. The molecule has 3 rings (SSSR count). The molecule has 1 heterocycles. The zero-order chi connectivity index (χ0) is 20.1. The van der Waals surface area contributed by atoms with Crippen molar-refractivity contribution in [2.24, 2.45) is 0 Å². The predicted octanol–water partition coefficient (Wildman–Crippen LogP) is 3.61. The molecule has 0 saturated heterocycles. The summed E-state index contributed by atoms with van der Waals surface area (Å²) in [4.78, 5) is 30.1. The largest absolute Gasteiger partial charge is 0.345 e. The number of aromatic nitrogens is 2. The first-order valence-corrected chi connectivity index (χ1v) is 9.77. The highest BCUT2D eigenvalue weighted by atomic mass is 32.2. The van der Waals surface area contributed by atoms with Gasteiger partial charge in [-0.2, -0.15) is 0 Å². The Morgan fingerprint density at radius 3 is 2.57 bits per heavy atom. The van der Waals surface area contributed by atoms with Crippen LogP contribution in [0.15, 0.2) is 66.1 Å². The summed E-state index contributed by atoms with van der Waals surface area (Å²) in [6.07, 6.45) is 3.61. The van der Waals surface area contributed by atoms with E-state index in [-0.39, 0.29) is 17.6 Å². The number of imidazole rings is 1. The van der Waals surface area contributed by atoms with Gasteiger partial charge >= 0.3 is 0 Å². The molecule has 7 heteroatoms. The van der Waals surface area contributed by atoms with Crippen LogP contribution < -0.4 is 5.32 Å². The Bertz CT molecular complexity index is 980. The number of hydrogen-bond acceptors (Lipinski definition) is 4. The van der Waals surface area contributed by atoms with Crippen LogP contribution in [0.1, 0.15) is 15.9 Å². The van der Waals surface area contributed by atoms with E-state index in [0.29, 0.717) is 11.3 Å². The van der Waals surface area contributed by atoms with Crippen LogP contribution in [0.25, 0.3) is 5.69 Å². The van der Waals surface area contributed by atoms with Gasteiger partial charge < -0.3 is 10.2 Å². The average Bonchev–Trinajstić information content (AvgIpc) is 3.15. The lowest BCUT2D eigenvalue weighted by Crippen LogP contribution is -2.21. The van der Waals surface area contributed by atoms with Crippen molar-refractivity contribution in [3.05, 3.63) is 72.1 Å². The minimum atomic E-state index is -0.129. The molecule has 3 aromatic rings. The predicted molar refractivity (Wildman–Crippen MR) is 112 cm³/mol. The molecule has 6 nitrogen and oxygen atoms in total. The fraction of sp³-hybridized carbons (Fsp3) is 0.190. The topological polar surface area (TPSA) is 67.2 Å². The second-order valence-corrected chi connectivity index (χ2v) is 7.48. The quantitative estimate of drug-likeness (QED) is 0.649.